The van der Waals surface area contributed by atoms with E-state index in [1.165, 1.54) is 11.0 Å². The van der Waals surface area contributed by atoms with Crippen molar-refractivity contribution in [3.63, 3.8) is 0 Å². The van der Waals surface area contributed by atoms with Crippen molar-refractivity contribution in [2.24, 2.45) is 5.92 Å². The predicted molar refractivity (Wildman–Crippen MR) is 80.4 cm³/mol. The second-order valence-electron chi connectivity index (χ2n) is 5.70. The van der Waals surface area contributed by atoms with E-state index in [-0.39, 0.29) is 11.5 Å². The Hall–Kier alpha value is -2.44. The van der Waals surface area contributed by atoms with E-state index in [4.69, 9.17) is 0 Å². The van der Waals surface area contributed by atoms with Gasteiger partial charge >= 0.3 is 0 Å². The van der Waals surface area contributed by atoms with Crippen molar-refractivity contribution in [3.05, 3.63) is 46.4 Å². The molecule has 1 fully saturated rings. The molecule has 1 saturated heterocycles. The van der Waals surface area contributed by atoms with Crippen LogP contribution in [0.1, 0.15) is 29.0 Å². The number of nitrogens with one attached hydrogen (secondary N) is 1. The van der Waals surface area contributed by atoms with Crippen LogP contribution in [0, 0.1) is 12.8 Å². The van der Waals surface area contributed by atoms with Crippen LogP contribution in [-0.2, 0) is 6.54 Å². The number of rotatable bonds is 3. The van der Waals surface area contributed by atoms with Gasteiger partial charge in [0.2, 0.25) is 0 Å². The van der Waals surface area contributed by atoms with Crippen LogP contribution in [0.3, 0.4) is 0 Å². The van der Waals surface area contributed by atoms with E-state index >= 15 is 0 Å². The van der Waals surface area contributed by atoms with Crippen LogP contribution in [0.2, 0.25) is 0 Å². The molecule has 0 radical (unpaired) electrons. The lowest BCUT2D eigenvalue weighted by Gasteiger charge is -2.31. The predicted octanol–water partition coefficient (Wildman–Crippen LogP) is 0.827. The van der Waals surface area contributed by atoms with Crippen molar-refractivity contribution in [1.82, 2.24) is 24.6 Å². The van der Waals surface area contributed by atoms with Crippen LogP contribution in [0.5, 0.6) is 0 Å². The summed E-state index contributed by atoms with van der Waals surface area (Å²) in [5, 5.41) is 4.27. The molecule has 0 spiro atoms. The van der Waals surface area contributed by atoms with Gasteiger partial charge in [0.05, 0.1) is 18.2 Å². The van der Waals surface area contributed by atoms with Crippen molar-refractivity contribution >= 4 is 5.91 Å². The smallest absolute Gasteiger partial charge is 0.271 e. The molecule has 1 amide bonds. The molecule has 7 nitrogen and oxygen atoms in total. The Kier molecular flexibility index (Phi) is 4.04. The number of imidazole rings is 1. The number of piperidine rings is 1. The monoisotopic (exact) mass is 301 g/mol. The number of aryl methyl sites for hydroxylation is 1. The average Bonchev–Trinajstić information content (AvgIpc) is 3.05. The molecule has 2 aromatic heterocycles. The van der Waals surface area contributed by atoms with E-state index in [0.717, 1.165) is 18.5 Å². The summed E-state index contributed by atoms with van der Waals surface area (Å²) >= 11 is 0. The van der Waals surface area contributed by atoms with Crippen LogP contribution in [0.15, 0.2) is 29.5 Å². The molecule has 22 heavy (non-hydrogen) atoms. The summed E-state index contributed by atoms with van der Waals surface area (Å²) in [4.78, 5) is 32.6. The Bertz CT molecular complexity index is 699. The molecule has 0 saturated carbocycles. The summed E-state index contributed by atoms with van der Waals surface area (Å²) in [6, 6.07) is 3.28. The largest absolute Gasteiger partial charge is 0.341 e. The molecule has 3 rings (SSSR count). The molecule has 2 aromatic rings. The standard InChI is InChI=1S/C15H19N5O2/c1-11-2-3-14(21)20(18-11)9-12-4-6-19(7-5-12)15(22)13-8-16-10-17-13/h2-3,8,10,12H,4-7,9H2,1H3,(H,16,17). The first-order valence-corrected chi connectivity index (χ1v) is 7.46. The quantitative estimate of drug-likeness (QED) is 0.910. The van der Waals surface area contributed by atoms with Crippen LogP contribution < -0.4 is 5.56 Å². The van der Waals surface area contributed by atoms with Gasteiger partial charge in [-0.3, -0.25) is 9.59 Å². The number of amides is 1. The van der Waals surface area contributed by atoms with Gasteiger partial charge in [0.1, 0.15) is 5.69 Å². The van der Waals surface area contributed by atoms with E-state index in [2.05, 4.69) is 15.1 Å². The number of likely N-dealkylation sites (tertiary alicyclic amines) is 1. The Morgan fingerprint density at radius 1 is 1.36 bits per heavy atom. The number of aromatic nitrogens is 4. The summed E-state index contributed by atoms with van der Waals surface area (Å²) in [6.07, 6.45) is 4.81. The average molecular weight is 301 g/mol. The second kappa shape index (κ2) is 6.13. The summed E-state index contributed by atoms with van der Waals surface area (Å²) in [6.45, 7) is 3.89. The minimum atomic E-state index is -0.0680. The Labute approximate surface area is 128 Å². The number of carbonyl (C=O) groups is 1. The highest BCUT2D eigenvalue weighted by atomic mass is 16.2. The highest BCUT2D eigenvalue weighted by Gasteiger charge is 2.24. The van der Waals surface area contributed by atoms with Gasteiger partial charge in [-0.25, -0.2) is 9.67 Å². The first kappa shape index (κ1) is 14.5. The molecule has 1 aliphatic rings. The topological polar surface area (TPSA) is 83.9 Å². The molecule has 0 aromatic carbocycles. The third-order valence-corrected chi connectivity index (χ3v) is 4.06. The van der Waals surface area contributed by atoms with Crippen molar-refractivity contribution in [1.29, 1.82) is 0 Å². The van der Waals surface area contributed by atoms with Gasteiger partial charge in [-0.2, -0.15) is 5.10 Å². The maximum absolute atomic E-state index is 12.2. The van der Waals surface area contributed by atoms with Crippen LogP contribution in [-0.4, -0.2) is 43.6 Å². The molecule has 0 aliphatic carbocycles. The third kappa shape index (κ3) is 3.08. The molecule has 116 valence electrons. The summed E-state index contributed by atoms with van der Waals surface area (Å²) < 4.78 is 1.53. The zero-order valence-corrected chi connectivity index (χ0v) is 12.5. The molecule has 0 unspecified atom stereocenters. The van der Waals surface area contributed by atoms with Crippen LogP contribution in [0.25, 0.3) is 0 Å². The number of H-pyrrole nitrogens is 1. The van der Waals surface area contributed by atoms with E-state index in [9.17, 15) is 9.59 Å². The summed E-state index contributed by atoms with van der Waals surface area (Å²) in [5.41, 5.74) is 1.29. The van der Waals surface area contributed by atoms with E-state index in [1.807, 2.05) is 11.8 Å². The molecule has 1 aliphatic heterocycles. The normalized spacial score (nSPS) is 16.0. The fraction of sp³-hybridized carbons (Fsp3) is 0.467. The van der Waals surface area contributed by atoms with Crippen molar-refractivity contribution in [3.8, 4) is 0 Å². The fourth-order valence-electron chi connectivity index (χ4n) is 2.79. The number of hydrogen-bond donors (Lipinski definition) is 1. The van der Waals surface area contributed by atoms with Crippen molar-refractivity contribution in [2.75, 3.05) is 13.1 Å². The number of aromatic amines is 1. The van der Waals surface area contributed by atoms with Gasteiger partial charge in [-0.1, -0.05) is 0 Å². The van der Waals surface area contributed by atoms with Crippen molar-refractivity contribution in [2.45, 2.75) is 26.3 Å². The first-order valence-electron chi connectivity index (χ1n) is 7.46. The number of carbonyl (C=O) groups excluding carboxylic acids is 1. The van der Waals surface area contributed by atoms with Gasteiger partial charge in [-0.15, -0.1) is 0 Å². The lowest BCUT2D eigenvalue weighted by atomic mass is 9.96. The lowest BCUT2D eigenvalue weighted by Crippen LogP contribution is -2.40. The highest BCUT2D eigenvalue weighted by Crippen LogP contribution is 2.19. The summed E-state index contributed by atoms with van der Waals surface area (Å²) in [7, 11) is 0. The first-order chi connectivity index (χ1) is 10.6. The van der Waals surface area contributed by atoms with E-state index in [0.29, 0.717) is 31.2 Å². The molecular formula is C15H19N5O2. The molecule has 1 N–H and O–H groups in total. The SMILES string of the molecule is Cc1ccc(=O)n(CC2CCN(C(=O)c3cnc[nH]3)CC2)n1. The lowest BCUT2D eigenvalue weighted by molar-refractivity contribution is 0.0675. The van der Waals surface area contributed by atoms with Gasteiger partial charge in [0.15, 0.2) is 0 Å². The zero-order chi connectivity index (χ0) is 15.5. The molecule has 7 heteroatoms. The Balaban J connectivity index is 1.59. The van der Waals surface area contributed by atoms with Crippen LogP contribution in [0.4, 0.5) is 0 Å². The summed E-state index contributed by atoms with van der Waals surface area (Å²) in [5.74, 6) is 0.361. The van der Waals surface area contributed by atoms with Crippen molar-refractivity contribution < 1.29 is 4.79 Å². The Morgan fingerprint density at radius 3 is 2.82 bits per heavy atom. The number of hydrogen-bond acceptors (Lipinski definition) is 4. The highest BCUT2D eigenvalue weighted by molar-refractivity contribution is 5.92. The molecule has 0 atom stereocenters. The van der Waals surface area contributed by atoms with Gasteiger partial charge in [0.25, 0.3) is 11.5 Å². The molecule has 0 bridgehead atoms. The minimum Gasteiger partial charge on any atom is -0.341 e. The third-order valence-electron chi connectivity index (χ3n) is 4.06. The fourth-order valence-corrected chi connectivity index (χ4v) is 2.79. The van der Waals surface area contributed by atoms with Crippen LogP contribution >= 0.6 is 0 Å². The van der Waals surface area contributed by atoms with E-state index in [1.54, 1.807) is 18.3 Å². The molecule has 3 heterocycles. The maximum atomic E-state index is 12.2. The Morgan fingerprint density at radius 2 is 2.14 bits per heavy atom. The van der Waals surface area contributed by atoms with E-state index < -0.39 is 0 Å². The second-order valence-corrected chi connectivity index (χ2v) is 5.70. The maximum Gasteiger partial charge on any atom is 0.271 e. The molecular weight excluding hydrogens is 282 g/mol. The minimum absolute atomic E-state index is 0.0122. The zero-order valence-electron chi connectivity index (χ0n) is 12.5. The number of nitrogens with zero attached hydrogens (tertiary/aromatic N) is 4. The van der Waals surface area contributed by atoms with Gasteiger partial charge in [0, 0.05) is 25.7 Å². The van der Waals surface area contributed by atoms with Gasteiger partial charge in [-0.05, 0) is 31.7 Å². The van der Waals surface area contributed by atoms with Gasteiger partial charge < -0.3 is 9.88 Å².